The van der Waals surface area contributed by atoms with Crippen LogP contribution in [-0.2, 0) is 4.79 Å². The van der Waals surface area contributed by atoms with Crippen LogP contribution in [0.5, 0.6) is 0 Å². The van der Waals surface area contributed by atoms with Gasteiger partial charge in [-0.2, -0.15) is 0 Å². The molecule has 1 aromatic carbocycles. The lowest BCUT2D eigenvalue weighted by Crippen LogP contribution is -2.37. The van der Waals surface area contributed by atoms with Crippen molar-refractivity contribution in [3.63, 3.8) is 0 Å². The SMILES string of the molecule is Cc1cc([N+](=O)[O-])ccc1C(=O)N(CC(=O)O)CC1CC1. The van der Waals surface area contributed by atoms with Gasteiger partial charge in [0.05, 0.1) is 4.92 Å². The average Bonchev–Trinajstić information content (AvgIpc) is 3.20. The summed E-state index contributed by atoms with van der Waals surface area (Å²) in [5, 5.41) is 19.6. The molecule has 7 heteroatoms. The number of carboxylic acids is 1. The number of nitrogens with zero attached hydrogens (tertiary/aromatic N) is 2. The molecule has 1 amide bonds. The molecule has 0 saturated heterocycles. The Labute approximate surface area is 121 Å². The van der Waals surface area contributed by atoms with Gasteiger partial charge in [-0.25, -0.2) is 0 Å². The Morgan fingerprint density at radius 3 is 2.57 bits per heavy atom. The lowest BCUT2D eigenvalue weighted by molar-refractivity contribution is -0.384. The molecule has 1 N–H and O–H groups in total. The van der Waals surface area contributed by atoms with Gasteiger partial charge >= 0.3 is 5.97 Å². The minimum absolute atomic E-state index is 0.0870. The van der Waals surface area contributed by atoms with E-state index in [1.165, 1.54) is 23.1 Å². The van der Waals surface area contributed by atoms with E-state index in [1.54, 1.807) is 6.92 Å². The smallest absolute Gasteiger partial charge is 0.323 e. The first kappa shape index (κ1) is 15.0. The van der Waals surface area contributed by atoms with Crippen molar-refractivity contribution in [3.05, 3.63) is 39.4 Å². The number of aliphatic carboxylic acids is 1. The van der Waals surface area contributed by atoms with E-state index in [4.69, 9.17) is 5.11 Å². The Balaban J connectivity index is 2.22. The third kappa shape index (κ3) is 3.77. The first-order valence-electron chi connectivity index (χ1n) is 6.64. The number of nitro benzene ring substituents is 1. The number of benzene rings is 1. The van der Waals surface area contributed by atoms with E-state index in [-0.39, 0.29) is 12.2 Å². The summed E-state index contributed by atoms with van der Waals surface area (Å²) in [7, 11) is 0. The van der Waals surface area contributed by atoms with Crippen LogP contribution in [0.2, 0.25) is 0 Å². The van der Waals surface area contributed by atoms with Crippen LogP contribution in [0.25, 0.3) is 0 Å². The number of aryl methyl sites for hydroxylation is 1. The standard InChI is InChI=1S/C14H16N2O5/c1-9-6-11(16(20)21)4-5-12(9)14(19)15(8-13(17)18)7-10-2-3-10/h4-6,10H,2-3,7-8H2,1H3,(H,17,18). The van der Waals surface area contributed by atoms with Crippen LogP contribution in [0.1, 0.15) is 28.8 Å². The third-order valence-corrected chi connectivity index (χ3v) is 3.44. The van der Waals surface area contributed by atoms with Gasteiger partial charge in [-0.3, -0.25) is 19.7 Å². The zero-order chi connectivity index (χ0) is 15.6. The second kappa shape index (κ2) is 5.90. The summed E-state index contributed by atoms with van der Waals surface area (Å²) in [6.07, 6.45) is 2.01. The molecule has 2 rings (SSSR count). The number of rotatable bonds is 6. The summed E-state index contributed by atoms with van der Waals surface area (Å²) >= 11 is 0. The molecule has 112 valence electrons. The number of hydrogen-bond acceptors (Lipinski definition) is 4. The fourth-order valence-electron chi connectivity index (χ4n) is 2.17. The molecule has 0 spiro atoms. The molecule has 21 heavy (non-hydrogen) atoms. The quantitative estimate of drug-likeness (QED) is 0.636. The lowest BCUT2D eigenvalue weighted by atomic mass is 10.1. The van der Waals surface area contributed by atoms with Gasteiger partial charge < -0.3 is 10.0 Å². The summed E-state index contributed by atoms with van der Waals surface area (Å²) in [6, 6.07) is 3.97. The van der Waals surface area contributed by atoms with Gasteiger partial charge in [-0.1, -0.05) is 0 Å². The summed E-state index contributed by atoms with van der Waals surface area (Å²) in [5.74, 6) is -1.09. The zero-order valence-corrected chi connectivity index (χ0v) is 11.6. The molecule has 0 radical (unpaired) electrons. The van der Waals surface area contributed by atoms with Crippen molar-refractivity contribution in [2.75, 3.05) is 13.1 Å². The number of carboxylic acid groups (broad SMARTS) is 1. The van der Waals surface area contributed by atoms with E-state index < -0.39 is 16.8 Å². The summed E-state index contributed by atoms with van der Waals surface area (Å²) in [6.45, 7) is 1.67. The highest BCUT2D eigenvalue weighted by molar-refractivity contribution is 5.97. The van der Waals surface area contributed by atoms with Crippen LogP contribution >= 0.6 is 0 Å². The van der Waals surface area contributed by atoms with E-state index in [9.17, 15) is 19.7 Å². The van der Waals surface area contributed by atoms with E-state index >= 15 is 0 Å². The molecule has 1 fully saturated rings. The van der Waals surface area contributed by atoms with Crippen LogP contribution in [0.4, 0.5) is 5.69 Å². The monoisotopic (exact) mass is 292 g/mol. The molecule has 7 nitrogen and oxygen atoms in total. The minimum atomic E-state index is -1.07. The Bertz CT molecular complexity index is 595. The van der Waals surface area contributed by atoms with E-state index in [0.29, 0.717) is 23.6 Å². The zero-order valence-electron chi connectivity index (χ0n) is 11.6. The molecule has 1 saturated carbocycles. The Kier molecular flexibility index (Phi) is 4.21. The molecule has 0 bridgehead atoms. The summed E-state index contributed by atoms with van der Waals surface area (Å²) < 4.78 is 0. The van der Waals surface area contributed by atoms with Gasteiger partial charge in [0.25, 0.3) is 11.6 Å². The maximum atomic E-state index is 12.4. The minimum Gasteiger partial charge on any atom is -0.480 e. The van der Waals surface area contributed by atoms with Crippen LogP contribution in [0, 0.1) is 23.0 Å². The van der Waals surface area contributed by atoms with Crippen LogP contribution in [-0.4, -0.2) is 39.9 Å². The van der Waals surface area contributed by atoms with Gasteiger partial charge in [-0.05, 0) is 37.3 Å². The van der Waals surface area contributed by atoms with Crippen molar-refractivity contribution in [3.8, 4) is 0 Å². The Hall–Kier alpha value is -2.44. The molecule has 1 aromatic rings. The Morgan fingerprint density at radius 1 is 1.43 bits per heavy atom. The largest absolute Gasteiger partial charge is 0.480 e. The maximum absolute atomic E-state index is 12.4. The molecule has 0 atom stereocenters. The molecule has 0 aliphatic heterocycles. The van der Waals surface area contributed by atoms with Crippen molar-refractivity contribution in [2.45, 2.75) is 19.8 Å². The van der Waals surface area contributed by atoms with Crippen LogP contribution in [0.15, 0.2) is 18.2 Å². The summed E-state index contributed by atoms with van der Waals surface area (Å²) in [4.78, 5) is 34.8. The molecule has 0 heterocycles. The number of amides is 1. The fraction of sp³-hybridized carbons (Fsp3) is 0.429. The lowest BCUT2D eigenvalue weighted by Gasteiger charge is -2.21. The number of carbonyl (C=O) groups excluding carboxylic acids is 1. The van der Waals surface area contributed by atoms with E-state index in [1.807, 2.05) is 0 Å². The number of non-ortho nitro benzene ring substituents is 1. The van der Waals surface area contributed by atoms with E-state index in [0.717, 1.165) is 12.8 Å². The molecule has 0 aromatic heterocycles. The molecule has 1 aliphatic rings. The highest BCUT2D eigenvalue weighted by Gasteiger charge is 2.29. The van der Waals surface area contributed by atoms with Crippen molar-refractivity contribution in [1.29, 1.82) is 0 Å². The molecular formula is C14H16N2O5. The first-order chi connectivity index (χ1) is 9.88. The predicted octanol–water partition coefficient (Wildman–Crippen LogP) is 1.84. The van der Waals surface area contributed by atoms with Crippen molar-refractivity contribution >= 4 is 17.6 Å². The van der Waals surface area contributed by atoms with Crippen LogP contribution < -0.4 is 0 Å². The Morgan fingerprint density at radius 2 is 2.10 bits per heavy atom. The molecule has 0 unspecified atom stereocenters. The first-order valence-corrected chi connectivity index (χ1v) is 6.64. The van der Waals surface area contributed by atoms with Crippen molar-refractivity contribution in [2.24, 2.45) is 5.92 Å². The highest BCUT2D eigenvalue weighted by Crippen LogP contribution is 2.30. The topological polar surface area (TPSA) is 101 Å². The second-order valence-corrected chi connectivity index (χ2v) is 5.28. The third-order valence-electron chi connectivity index (χ3n) is 3.44. The number of nitro groups is 1. The predicted molar refractivity (Wildman–Crippen MR) is 74.1 cm³/mol. The van der Waals surface area contributed by atoms with Gasteiger partial charge in [-0.15, -0.1) is 0 Å². The molecular weight excluding hydrogens is 276 g/mol. The van der Waals surface area contributed by atoms with Crippen LogP contribution in [0.3, 0.4) is 0 Å². The second-order valence-electron chi connectivity index (χ2n) is 5.28. The van der Waals surface area contributed by atoms with E-state index in [2.05, 4.69) is 0 Å². The number of hydrogen-bond donors (Lipinski definition) is 1. The van der Waals surface area contributed by atoms with Crippen molar-refractivity contribution in [1.82, 2.24) is 4.90 Å². The highest BCUT2D eigenvalue weighted by atomic mass is 16.6. The summed E-state index contributed by atoms with van der Waals surface area (Å²) in [5.41, 5.74) is 0.693. The average molecular weight is 292 g/mol. The van der Waals surface area contributed by atoms with Gasteiger partial charge in [0.1, 0.15) is 6.54 Å². The maximum Gasteiger partial charge on any atom is 0.323 e. The van der Waals surface area contributed by atoms with Gasteiger partial charge in [0.15, 0.2) is 0 Å². The van der Waals surface area contributed by atoms with Crippen molar-refractivity contribution < 1.29 is 19.6 Å². The van der Waals surface area contributed by atoms with Gasteiger partial charge in [0.2, 0.25) is 0 Å². The fourth-order valence-corrected chi connectivity index (χ4v) is 2.17. The molecule has 1 aliphatic carbocycles. The van der Waals surface area contributed by atoms with Gasteiger partial charge in [0, 0.05) is 24.2 Å². The normalized spacial score (nSPS) is 13.8. The number of carbonyl (C=O) groups is 2.